The highest BCUT2D eigenvalue weighted by molar-refractivity contribution is 7.26. The van der Waals surface area contributed by atoms with E-state index in [1.165, 1.54) is 25.6 Å². The molecular formula is C17H9ClN2S. The average Bonchev–Trinajstić information content (AvgIpc) is 3.04. The number of nitrogens with zero attached hydrogens (tertiary/aromatic N) is 1. The van der Waals surface area contributed by atoms with E-state index in [1.807, 2.05) is 23.5 Å². The maximum Gasteiger partial charge on any atom is 0.129 e. The molecule has 5 aromatic rings. The highest BCUT2D eigenvalue weighted by atomic mass is 35.5. The summed E-state index contributed by atoms with van der Waals surface area (Å²) < 4.78 is 2.58. The molecule has 21 heavy (non-hydrogen) atoms. The maximum atomic E-state index is 6.08. The Morgan fingerprint density at radius 1 is 0.905 bits per heavy atom. The van der Waals surface area contributed by atoms with Crippen LogP contribution in [0.4, 0.5) is 0 Å². The number of nitrogens with one attached hydrogen (secondary N) is 1. The van der Waals surface area contributed by atoms with Crippen molar-refractivity contribution in [3.8, 4) is 0 Å². The molecule has 100 valence electrons. The van der Waals surface area contributed by atoms with E-state index in [-0.39, 0.29) is 0 Å². The fourth-order valence-corrected chi connectivity index (χ4v) is 4.40. The average molecular weight is 309 g/mol. The zero-order valence-electron chi connectivity index (χ0n) is 10.9. The molecule has 0 fully saturated rings. The Morgan fingerprint density at radius 3 is 2.71 bits per heavy atom. The van der Waals surface area contributed by atoms with Gasteiger partial charge in [-0.1, -0.05) is 35.9 Å². The van der Waals surface area contributed by atoms with Gasteiger partial charge >= 0.3 is 0 Å². The maximum absolute atomic E-state index is 6.08. The van der Waals surface area contributed by atoms with Crippen molar-refractivity contribution in [2.75, 3.05) is 0 Å². The number of halogens is 1. The number of pyridine rings is 1. The second-order valence-corrected chi connectivity index (χ2v) is 6.56. The Hall–Kier alpha value is -2.10. The quantitative estimate of drug-likeness (QED) is 0.363. The molecule has 2 nitrogen and oxygen atoms in total. The number of H-pyrrole nitrogens is 1. The van der Waals surface area contributed by atoms with Gasteiger partial charge in [0.05, 0.1) is 11.0 Å². The molecule has 0 aliphatic heterocycles. The number of benzene rings is 2. The van der Waals surface area contributed by atoms with E-state index >= 15 is 0 Å². The molecule has 4 heteroatoms. The van der Waals surface area contributed by atoms with Gasteiger partial charge in [0.2, 0.25) is 0 Å². The van der Waals surface area contributed by atoms with E-state index < -0.39 is 0 Å². The lowest BCUT2D eigenvalue weighted by atomic mass is 10.1. The van der Waals surface area contributed by atoms with Crippen molar-refractivity contribution in [1.29, 1.82) is 0 Å². The summed E-state index contributed by atoms with van der Waals surface area (Å²) in [4.78, 5) is 7.95. The van der Waals surface area contributed by atoms with Crippen LogP contribution in [0, 0.1) is 0 Å². The van der Waals surface area contributed by atoms with Crippen LogP contribution in [0.25, 0.3) is 42.1 Å². The normalized spacial score (nSPS) is 12.0. The second kappa shape index (κ2) is 3.97. The first kappa shape index (κ1) is 11.5. The number of rotatable bonds is 0. The van der Waals surface area contributed by atoms with Gasteiger partial charge in [-0.05, 0) is 24.3 Å². The third-order valence-electron chi connectivity index (χ3n) is 3.91. The molecule has 0 aliphatic carbocycles. The van der Waals surface area contributed by atoms with E-state index in [9.17, 15) is 0 Å². The van der Waals surface area contributed by atoms with E-state index in [2.05, 4.69) is 46.4 Å². The zero-order chi connectivity index (χ0) is 14.0. The van der Waals surface area contributed by atoms with Crippen molar-refractivity contribution in [1.82, 2.24) is 9.97 Å². The van der Waals surface area contributed by atoms with Crippen LogP contribution in [0.15, 0.2) is 48.5 Å². The predicted molar refractivity (Wildman–Crippen MR) is 91.5 cm³/mol. The smallest absolute Gasteiger partial charge is 0.129 e. The van der Waals surface area contributed by atoms with Crippen molar-refractivity contribution >= 4 is 65.0 Å². The summed E-state index contributed by atoms with van der Waals surface area (Å²) in [5, 5.41) is 4.29. The molecule has 0 atom stereocenters. The monoisotopic (exact) mass is 308 g/mol. The molecule has 3 heterocycles. The Balaban J connectivity index is 2.11. The fourth-order valence-electron chi connectivity index (χ4n) is 3.00. The first-order valence-corrected chi connectivity index (χ1v) is 7.89. The van der Waals surface area contributed by atoms with Crippen LogP contribution in [0.2, 0.25) is 5.15 Å². The van der Waals surface area contributed by atoms with E-state index in [1.54, 1.807) is 0 Å². The third kappa shape index (κ3) is 1.50. The van der Waals surface area contributed by atoms with Crippen LogP contribution in [-0.2, 0) is 0 Å². The summed E-state index contributed by atoms with van der Waals surface area (Å²) in [6.45, 7) is 0. The van der Waals surface area contributed by atoms with Gasteiger partial charge in [-0.15, -0.1) is 11.3 Å². The fraction of sp³-hybridized carbons (Fsp3) is 0. The zero-order valence-corrected chi connectivity index (χ0v) is 12.4. The van der Waals surface area contributed by atoms with Crippen molar-refractivity contribution in [3.05, 3.63) is 53.7 Å². The van der Waals surface area contributed by atoms with Crippen LogP contribution in [0.3, 0.4) is 0 Å². The second-order valence-electron chi connectivity index (χ2n) is 5.12. The standard InChI is InChI=1S/C17H9ClN2S/c18-14-8-7-12-16(20-14)15-11(19-12)6-5-10-9-3-1-2-4-13(9)21-17(10)15/h1-8,19H. The van der Waals surface area contributed by atoms with Crippen molar-refractivity contribution in [2.45, 2.75) is 0 Å². The van der Waals surface area contributed by atoms with Crippen LogP contribution < -0.4 is 0 Å². The molecule has 0 saturated heterocycles. The van der Waals surface area contributed by atoms with Crippen molar-refractivity contribution in [3.63, 3.8) is 0 Å². The van der Waals surface area contributed by atoms with Gasteiger partial charge in [0.15, 0.2) is 0 Å². The third-order valence-corrected chi connectivity index (χ3v) is 5.33. The van der Waals surface area contributed by atoms with Gasteiger partial charge in [0, 0.05) is 31.1 Å². The lowest BCUT2D eigenvalue weighted by Gasteiger charge is -1.95. The molecular weight excluding hydrogens is 300 g/mol. The SMILES string of the molecule is Clc1ccc2[nH]c3ccc4c5ccccc5sc4c3c2n1. The van der Waals surface area contributed by atoms with Crippen LogP contribution >= 0.6 is 22.9 Å². The highest BCUT2D eigenvalue weighted by Gasteiger charge is 2.13. The summed E-state index contributed by atoms with van der Waals surface area (Å²) in [6, 6.07) is 16.6. The molecule has 0 aliphatic rings. The minimum atomic E-state index is 0.529. The van der Waals surface area contributed by atoms with Crippen molar-refractivity contribution < 1.29 is 0 Å². The topological polar surface area (TPSA) is 28.7 Å². The molecule has 2 aromatic carbocycles. The van der Waals surface area contributed by atoms with E-state index in [0.29, 0.717) is 5.15 Å². The van der Waals surface area contributed by atoms with Crippen LogP contribution in [0.1, 0.15) is 0 Å². The number of fused-ring (bicyclic) bond motifs is 7. The summed E-state index contributed by atoms with van der Waals surface area (Å²) in [7, 11) is 0. The molecule has 0 amide bonds. The van der Waals surface area contributed by atoms with Gasteiger partial charge < -0.3 is 4.98 Å². The van der Waals surface area contributed by atoms with Gasteiger partial charge in [-0.2, -0.15) is 0 Å². The number of thiophene rings is 1. The first-order valence-electron chi connectivity index (χ1n) is 6.69. The molecule has 5 rings (SSSR count). The van der Waals surface area contributed by atoms with Gasteiger partial charge in [-0.3, -0.25) is 0 Å². The number of aromatic nitrogens is 2. The Labute approximate surface area is 129 Å². The molecule has 0 unspecified atom stereocenters. The van der Waals surface area contributed by atoms with Crippen LogP contribution in [0.5, 0.6) is 0 Å². The Kier molecular flexibility index (Phi) is 2.18. The molecule has 0 saturated carbocycles. The summed E-state index contributed by atoms with van der Waals surface area (Å²) in [5.41, 5.74) is 3.09. The summed E-state index contributed by atoms with van der Waals surface area (Å²) in [5.74, 6) is 0. The highest BCUT2D eigenvalue weighted by Crippen LogP contribution is 2.40. The lowest BCUT2D eigenvalue weighted by molar-refractivity contribution is 1.41. The van der Waals surface area contributed by atoms with Crippen molar-refractivity contribution in [2.24, 2.45) is 0 Å². The molecule has 1 N–H and O–H groups in total. The van der Waals surface area contributed by atoms with E-state index in [4.69, 9.17) is 11.6 Å². The number of hydrogen-bond donors (Lipinski definition) is 1. The Bertz CT molecular complexity index is 1150. The van der Waals surface area contributed by atoms with Gasteiger partial charge in [0.25, 0.3) is 0 Å². The van der Waals surface area contributed by atoms with Crippen LogP contribution in [-0.4, -0.2) is 9.97 Å². The molecule has 0 spiro atoms. The molecule has 0 bridgehead atoms. The Morgan fingerprint density at radius 2 is 1.76 bits per heavy atom. The lowest BCUT2D eigenvalue weighted by Crippen LogP contribution is -1.75. The minimum Gasteiger partial charge on any atom is -0.353 e. The summed E-state index contributed by atoms with van der Waals surface area (Å²) in [6.07, 6.45) is 0. The predicted octanol–water partition coefficient (Wildman–Crippen LogP) is 5.74. The van der Waals surface area contributed by atoms with Gasteiger partial charge in [0.1, 0.15) is 5.15 Å². The number of hydrogen-bond acceptors (Lipinski definition) is 2. The van der Waals surface area contributed by atoms with E-state index in [0.717, 1.165) is 16.6 Å². The molecule has 3 aromatic heterocycles. The number of aromatic amines is 1. The largest absolute Gasteiger partial charge is 0.353 e. The first-order chi connectivity index (χ1) is 10.3. The van der Waals surface area contributed by atoms with Gasteiger partial charge in [-0.25, -0.2) is 4.98 Å². The molecule has 0 radical (unpaired) electrons. The minimum absolute atomic E-state index is 0.529. The summed E-state index contributed by atoms with van der Waals surface area (Å²) >= 11 is 7.90.